The average molecular weight is 350 g/mol. The van der Waals surface area contributed by atoms with E-state index < -0.39 is 0 Å². The van der Waals surface area contributed by atoms with Gasteiger partial charge in [-0.05, 0) is 29.8 Å². The zero-order valence-electron chi connectivity index (χ0n) is 15.1. The van der Waals surface area contributed by atoms with Gasteiger partial charge in [-0.1, -0.05) is 30.3 Å². The molecule has 0 bridgehead atoms. The van der Waals surface area contributed by atoms with Gasteiger partial charge >= 0.3 is 0 Å². The zero-order chi connectivity index (χ0) is 18.1. The fraction of sp³-hybridized carbons (Fsp3) is 0.350. The fourth-order valence-electron chi connectivity index (χ4n) is 3.61. The topological polar surface area (TPSA) is 60.3 Å². The minimum absolute atomic E-state index is 0.0646. The van der Waals surface area contributed by atoms with Gasteiger partial charge in [0.05, 0.1) is 0 Å². The maximum Gasteiger partial charge on any atom is 0.254 e. The molecule has 2 aromatic carbocycles. The third kappa shape index (κ3) is 2.97. The van der Waals surface area contributed by atoms with E-state index in [1.54, 1.807) is 7.11 Å². The van der Waals surface area contributed by atoms with Crippen LogP contribution in [-0.2, 0) is 24.3 Å². The van der Waals surface area contributed by atoms with Gasteiger partial charge in [-0.2, -0.15) is 0 Å². The van der Waals surface area contributed by atoms with Crippen molar-refractivity contribution in [3.05, 3.63) is 59.7 Å². The summed E-state index contributed by atoms with van der Waals surface area (Å²) >= 11 is 0. The van der Waals surface area contributed by atoms with Crippen LogP contribution in [0.3, 0.4) is 0 Å². The number of nitrogens with zero attached hydrogens (tertiary/aromatic N) is 4. The lowest BCUT2D eigenvalue weighted by Gasteiger charge is -2.27. The summed E-state index contributed by atoms with van der Waals surface area (Å²) in [6, 6.07) is 14.1. The summed E-state index contributed by atoms with van der Waals surface area (Å²) in [7, 11) is 1.65. The van der Waals surface area contributed by atoms with Crippen LogP contribution >= 0.6 is 0 Å². The summed E-state index contributed by atoms with van der Waals surface area (Å²) in [4.78, 5) is 15.1. The number of rotatable bonds is 3. The Bertz CT molecular complexity index is 950. The summed E-state index contributed by atoms with van der Waals surface area (Å²) in [6.45, 7) is 3.82. The molecule has 0 N–H and O–H groups in total. The lowest BCUT2D eigenvalue weighted by atomic mass is 10.1. The van der Waals surface area contributed by atoms with E-state index in [-0.39, 0.29) is 11.9 Å². The number of aromatic nitrogens is 3. The molecule has 0 radical (unpaired) electrons. The third-order valence-electron chi connectivity index (χ3n) is 5.01. The summed E-state index contributed by atoms with van der Waals surface area (Å²) in [5.41, 5.74) is 0.727. The van der Waals surface area contributed by atoms with Crippen molar-refractivity contribution in [2.45, 2.75) is 32.5 Å². The Morgan fingerprint density at radius 2 is 1.96 bits per heavy atom. The molecule has 0 spiro atoms. The summed E-state index contributed by atoms with van der Waals surface area (Å²) in [5, 5.41) is 10.7. The Labute approximate surface area is 152 Å². The third-order valence-corrected chi connectivity index (χ3v) is 5.01. The van der Waals surface area contributed by atoms with Crippen molar-refractivity contribution in [2.24, 2.45) is 0 Å². The molecular formula is C20H22N4O2. The van der Waals surface area contributed by atoms with Crippen LogP contribution in [0.2, 0.25) is 0 Å². The van der Waals surface area contributed by atoms with E-state index in [0.29, 0.717) is 26.1 Å². The van der Waals surface area contributed by atoms with E-state index >= 15 is 0 Å². The molecule has 1 aliphatic rings. The van der Waals surface area contributed by atoms with Crippen LogP contribution in [0, 0.1) is 0 Å². The molecule has 2 heterocycles. The zero-order valence-corrected chi connectivity index (χ0v) is 15.1. The number of hydrogen-bond donors (Lipinski definition) is 0. The number of ether oxygens (including phenoxy) is 1. The first-order chi connectivity index (χ1) is 12.7. The second-order valence-corrected chi connectivity index (χ2v) is 6.73. The Morgan fingerprint density at radius 3 is 2.77 bits per heavy atom. The quantitative estimate of drug-likeness (QED) is 0.729. The van der Waals surface area contributed by atoms with Crippen molar-refractivity contribution >= 4 is 16.7 Å². The number of fused-ring (bicyclic) bond motifs is 2. The summed E-state index contributed by atoms with van der Waals surface area (Å²) in [6.07, 6.45) is 0.691. The molecule has 6 heteroatoms. The van der Waals surface area contributed by atoms with Crippen molar-refractivity contribution in [3.63, 3.8) is 0 Å². The molecule has 26 heavy (non-hydrogen) atoms. The molecule has 0 saturated carbocycles. The predicted octanol–water partition coefficient (Wildman–Crippen LogP) is 2.66. The highest BCUT2D eigenvalue weighted by Gasteiger charge is 2.27. The Morgan fingerprint density at radius 1 is 1.15 bits per heavy atom. The standard InChI is InChI=1S/C20H22N4O2/c1-14-11-18-21-22-19(13-26-2)24(18)10-9-23(14)20(25)17-8-7-15-5-3-4-6-16(15)12-17/h3-8,12,14H,9-11,13H2,1-2H3. The minimum Gasteiger partial charge on any atom is -0.377 e. The lowest BCUT2D eigenvalue weighted by molar-refractivity contribution is 0.0695. The first-order valence-electron chi connectivity index (χ1n) is 8.87. The van der Waals surface area contributed by atoms with Gasteiger partial charge in [0.25, 0.3) is 5.91 Å². The van der Waals surface area contributed by atoms with Gasteiger partial charge in [0.15, 0.2) is 5.82 Å². The van der Waals surface area contributed by atoms with Crippen molar-refractivity contribution in [1.82, 2.24) is 19.7 Å². The Hall–Kier alpha value is -2.73. The molecule has 134 valence electrons. The van der Waals surface area contributed by atoms with Crippen LogP contribution in [0.4, 0.5) is 0 Å². The van der Waals surface area contributed by atoms with Gasteiger partial charge in [-0.25, -0.2) is 0 Å². The normalized spacial score (nSPS) is 17.2. The van der Waals surface area contributed by atoms with E-state index in [1.807, 2.05) is 41.3 Å². The first kappa shape index (κ1) is 16.7. The van der Waals surface area contributed by atoms with E-state index in [9.17, 15) is 4.79 Å². The first-order valence-corrected chi connectivity index (χ1v) is 8.87. The van der Waals surface area contributed by atoms with Crippen molar-refractivity contribution in [3.8, 4) is 0 Å². The van der Waals surface area contributed by atoms with Crippen LogP contribution in [0.15, 0.2) is 42.5 Å². The second-order valence-electron chi connectivity index (χ2n) is 6.73. The van der Waals surface area contributed by atoms with Crippen LogP contribution in [0.25, 0.3) is 10.8 Å². The molecule has 0 aliphatic carbocycles. The maximum atomic E-state index is 13.1. The summed E-state index contributed by atoms with van der Waals surface area (Å²) < 4.78 is 7.28. The van der Waals surface area contributed by atoms with E-state index in [1.165, 1.54) is 0 Å². The van der Waals surface area contributed by atoms with E-state index in [4.69, 9.17) is 4.74 Å². The smallest absolute Gasteiger partial charge is 0.254 e. The number of amides is 1. The van der Waals surface area contributed by atoms with Crippen LogP contribution in [0.5, 0.6) is 0 Å². The SMILES string of the molecule is COCc1nnc2n1CCN(C(=O)c1ccc3ccccc3c1)C(C)C2. The Kier molecular flexibility index (Phi) is 4.42. The highest BCUT2D eigenvalue weighted by atomic mass is 16.5. The second kappa shape index (κ2) is 6.88. The van der Waals surface area contributed by atoms with Gasteiger partial charge in [0.2, 0.25) is 0 Å². The fourth-order valence-corrected chi connectivity index (χ4v) is 3.61. The number of carbonyl (C=O) groups is 1. The number of hydrogen-bond acceptors (Lipinski definition) is 4. The number of methoxy groups -OCH3 is 1. The van der Waals surface area contributed by atoms with Crippen molar-refractivity contribution < 1.29 is 9.53 Å². The predicted molar refractivity (Wildman–Crippen MR) is 98.9 cm³/mol. The van der Waals surface area contributed by atoms with Gasteiger partial charge in [0, 0.05) is 38.2 Å². The van der Waals surface area contributed by atoms with Crippen molar-refractivity contribution in [2.75, 3.05) is 13.7 Å². The number of benzene rings is 2. The minimum atomic E-state index is 0.0646. The van der Waals surface area contributed by atoms with Gasteiger partial charge in [-0.3, -0.25) is 4.79 Å². The molecule has 1 atom stereocenters. The van der Waals surface area contributed by atoms with Crippen molar-refractivity contribution in [1.29, 1.82) is 0 Å². The molecule has 0 fully saturated rings. The van der Waals surface area contributed by atoms with Crippen LogP contribution in [-0.4, -0.2) is 45.3 Å². The molecule has 6 nitrogen and oxygen atoms in total. The van der Waals surface area contributed by atoms with Crippen LogP contribution in [0.1, 0.15) is 28.9 Å². The van der Waals surface area contributed by atoms with Gasteiger partial charge in [-0.15, -0.1) is 10.2 Å². The molecule has 1 aliphatic heterocycles. The maximum absolute atomic E-state index is 13.1. The average Bonchev–Trinajstić information content (AvgIpc) is 2.94. The molecule has 1 aromatic heterocycles. The number of carbonyl (C=O) groups excluding carboxylic acids is 1. The largest absolute Gasteiger partial charge is 0.377 e. The van der Waals surface area contributed by atoms with Gasteiger partial charge in [0.1, 0.15) is 12.4 Å². The highest BCUT2D eigenvalue weighted by molar-refractivity contribution is 5.98. The summed E-state index contributed by atoms with van der Waals surface area (Å²) in [5.74, 6) is 1.79. The molecule has 1 amide bonds. The lowest BCUT2D eigenvalue weighted by Crippen LogP contribution is -2.40. The Balaban J connectivity index is 1.59. The van der Waals surface area contributed by atoms with Gasteiger partial charge < -0.3 is 14.2 Å². The van der Waals surface area contributed by atoms with Crippen LogP contribution < -0.4 is 0 Å². The monoisotopic (exact) mass is 350 g/mol. The molecule has 0 saturated heterocycles. The molecular weight excluding hydrogens is 328 g/mol. The molecule has 4 rings (SSSR count). The van der Waals surface area contributed by atoms with E-state index in [2.05, 4.69) is 27.8 Å². The molecule has 3 aromatic rings. The van der Waals surface area contributed by atoms with E-state index in [0.717, 1.165) is 28.0 Å². The highest BCUT2D eigenvalue weighted by Crippen LogP contribution is 2.21. The molecule has 1 unspecified atom stereocenters.